The van der Waals surface area contributed by atoms with Crippen molar-refractivity contribution in [2.24, 2.45) is 0 Å². The van der Waals surface area contributed by atoms with Crippen LogP contribution in [0.25, 0.3) is 11.1 Å². The molecule has 0 unspecified atom stereocenters. The summed E-state index contributed by atoms with van der Waals surface area (Å²) in [4.78, 5) is 25.1. The maximum atomic E-state index is 10.7. The van der Waals surface area contributed by atoms with E-state index in [0.29, 0.717) is 5.56 Å². The van der Waals surface area contributed by atoms with Gasteiger partial charge in [0.15, 0.2) is 0 Å². The van der Waals surface area contributed by atoms with E-state index >= 15 is 0 Å². The summed E-state index contributed by atoms with van der Waals surface area (Å²) in [6, 6.07) is 145. The van der Waals surface area contributed by atoms with Crippen molar-refractivity contribution in [2.75, 3.05) is 0 Å². The molecule has 0 aliphatic carbocycles. The quantitative estimate of drug-likeness (QED) is 0.0584. The van der Waals surface area contributed by atoms with Gasteiger partial charge in [-0.05, 0) is 191 Å². The second kappa shape index (κ2) is 41.1. The number of hydrogen-bond donors (Lipinski definition) is 0. The molecule has 0 atom stereocenters. The molecule has 102 heavy (non-hydrogen) atoms. The fourth-order valence-electron chi connectivity index (χ4n) is 11.3. The topological polar surface area (TPSA) is 47.0 Å². The number of halogens is 1. The SMILES string of the molecule is Cc1cc(-c2ccc(C=O)cc2C)ccn1.Cc1cc(C=O)ccc1I.c1ccc(P(c2ccccc2)c2ccccc2)cc1.c1ccc(P(c2ccccc2)c2ccccc2)cc1.c1ccc(P(c2ccccc2)c2ccccc2)cc1.c1ccc(P(c2ccccc2)c2ccccc2)cc1. The average molecular weight is 1510 g/mol. The van der Waals surface area contributed by atoms with E-state index in [9.17, 15) is 9.59 Å². The molecule has 0 saturated heterocycles. The summed E-state index contributed by atoms with van der Waals surface area (Å²) >= 11 is 2.24. The Hall–Kier alpha value is -9.98. The Balaban J connectivity index is 0.000000133. The first-order valence-electron chi connectivity index (χ1n) is 33.8. The van der Waals surface area contributed by atoms with Crippen LogP contribution in [0.5, 0.6) is 0 Å². The molecule has 0 amide bonds. The predicted molar refractivity (Wildman–Crippen MR) is 454 cm³/mol. The largest absolute Gasteiger partial charge is 0.298 e. The summed E-state index contributed by atoms with van der Waals surface area (Å²) in [5, 5.41) is 16.8. The van der Waals surface area contributed by atoms with Gasteiger partial charge in [-0.1, -0.05) is 382 Å². The van der Waals surface area contributed by atoms with E-state index < -0.39 is 31.7 Å². The Morgan fingerprint density at radius 3 is 0.637 bits per heavy atom. The number of pyridine rings is 1. The minimum Gasteiger partial charge on any atom is -0.298 e. The van der Waals surface area contributed by atoms with Crippen molar-refractivity contribution < 1.29 is 9.59 Å². The summed E-state index contributed by atoms with van der Waals surface area (Å²) in [6.45, 7) is 5.98. The lowest BCUT2D eigenvalue weighted by Crippen LogP contribution is -2.20. The zero-order valence-corrected chi connectivity index (χ0v) is 63.2. The van der Waals surface area contributed by atoms with Gasteiger partial charge in [0.1, 0.15) is 12.6 Å². The minimum atomic E-state index is -0.446. The van der Waals surface area contributed by atoms with Crippen LogP contribution in [0.1, 0.15) is 37.5 Å². The van der Waals surface area contributed by atoms with Crippen molar-refractivity contribution in [3.63, 3.8) is 0 Å². The van der Waals surface area contributed by atoms with Gasteiger partial charge >= 0.3 is 0 Å². The zero-order valence-electron chi connectivity index (χ0n) is 57.4. The summed E-state index contributed by atoms with van der Waals surface area (Å²) in [6.07, 6.45) is 3.54. The first-order chi connectivity index (χ1) is 50.2. The number of carbonyl (C=O) groups excluding carboxylic acids is 2. The molecule has 0 fully saturated rings. The normalized spacial score (nSPS) is 10.4. The van der Waals surface area contributed by atoms with Crippen molar-refractivity contribution in [3.05, 3.63) is 450 Å². The zero-order chi connectivity index (χ0) is 70.8. The van der Waals surface area contributed by atoms with Crippen LogP contribution in [0.2, 0.25) is 0 Å². The molecule has 15 aromatic rings. The van der Waals surface area contributed by atoms with E-state index in [4.69, 9.17) is 0 Å². The summed E-state index contributed by atoms with van der Waals surface area (Å²) in [5.74, 6) is 0. The van der Waals surface area contributed by atoms with E-state index in [2.05, 4.69) is 392 Å². The highest BCUT2D eigenvalue weighted by Crippen LogP contribution is 2.36. The molecular weight excluding hydrogens is 1430 g/mol. The molecule has 0 spiro atoms. The van der Waals surface area contributed by atoms with Gasteiger partial charge in [0.05, 0.1) is 0 Å². The van der Waals surface area contributed by atoms with Gasteiger partial charge < -0.3 is 0 Å². The number of aldehydes is 2. The van der Waals surface area contributed by atoms with Crippen molar-refractivity contribution in [1.29, 1.82) is 0 Å². The van der Waals surface area contributed by atoms with Crippen LogP contribution >= 0.6 is 54.3 Å². The smallest absolute Gasteiger partial charge is 0.150 e. The molecule has 0 aliphatic rings. The molecule has 8 heteroatoms. The molecule has 0 radical (unpaired) electrons. The molecule has 15 rings (SSSR count). The van der Waals surface area contributed by atoms with Crippen molar-refractivity contribution in [2.45, 2.75) is 20.8 Å². The lowest BCUT2D eigenvalue weighted by Gasteiger charge is -2.18. The second-order valence-electron chi connectivity index (χ2n) is 23.4. The second-order valence-corrected chi connectivity index (χ2v) is 33.4. The number of aromatic nitrogens is 1. The van der Waals surface area contributed by atoms with Crippen molar-refractivity contribution in [3.8, 4) is 11.1 Å². The molecule has 3 nitrogen and oxygen atoms in total. The standard InChI is InChI=1S/4C18H15P.C14H13NO.C8H7IO/c4*1-4-10-16(11-5-1)19(17-12-6-2-7-13-17)18-14-8-3-9-15-18;1-10-7-12(9-16)3-4-14(10)13-5-6-15-11(2)8-13;1-6-4-7(5-10)2-3-8(6)9/h4*1-15H;3-9H,1-2H3;2-5H,1H3. The molecule has 1 heterocycles. The van der Waals surface area contributed by atoms with Gasteiger partial charge in [-0.15, -0.1) is 0 Å². The molecule has 0 saturated carbocycles. The molecule has 0 N–H and O–H groups in total. The first-order valence-corrected chi connectivity index (χ1v) is 40.2. The Morgan fingerprint density at radius 2 is 0.451 bits per heavy atom. The maximum Gasteiger partial charge on any atom is 0.150 e. The maximum absolute atomic E-state index is 10.7. The van der Waals surface area contributed by atoms with Gasteiger partial charge in [0, 0.05) is 26.6 Å². The lowest BCUT2D eigenvalue weighted by atomic mass is 9.99. The predicted octanol–water partition coefficient (Wildman–Crippen LogP) is 19.4. The van der Waals surface area contributed by atoms with E-state index in [1.54, 1.807) is 6.20 Å². The molecule has 14 aromatic carbocycles. The van der Waals surface area contributed by atoms with Gasteiger partial charge in [-0.25, -0.2) is 0 Å². The van der Waals surface area contributed by atoms with Gasteiger partial charge in [-0.3, -0.25) is 14.6 Å². The molecule has 500 valence electrons. The first kappa shape index (κ1) is 74.7. The summed E-state index contributed by atoms with van der Waals surface area (Å²) in [5.41, 5.74) is 7.01. The number of carbonyl (C=O) groups is 2. The van der Waals surface area contributed by atoms with E-state index in [1.807, 2.05) is 69.3 Å². The average Bonchev–Trinajstić information content (AvgIpc) is 0.846. The van der Waals surface area contributed by atoms with Crippen LogP contribution in [0, 0.1) is 24.3 Å². The molecule has 1 aromatic heterocycles. The van der Waals surface area contributed by atoms with Gasteiger partial charge in [0.25, 0.3) is 0 Å². The summed E-state index contributed by atoms with van der Waals surface area (Å²) < 4.78 is 1.20. The molecular formula is C94H80INO2P4. The Kier molecular flexibility index (Phi) is 30.1. The van der Waals surface area contributed by atoms with Crippen LogP contribution < -0.4 is 63.7 Å². The number of benzene rings is 14. The minimum absolute atomic E-state index is 0.446. The van der Waals surface area contributed by atoms with Crippen LogP contribution in [-0.2, 0) is 0 Å². The Labute approximate surface area is 622 Å². The number of hydrogen-bond acceptors (Lipinski definition) is 3. The van der Waals surface area contributed by atoms with Crippen molar-refractivity contribution in [1.82, 2.24) is 4.98 Å². The highest BCUT2D eigenvalue weighted by Gasteiger charge is 2.19. The van der Waals surface area contributed by atoms with Crippen LogP contribution in [0.4, 0.5) is 0 Å². The molecule has 0 bridgehead atoms. The Bertz CT molecular complexity index is 4020. The Morgan fingerprint density at radius 1 is 0.245 bits per heavy atom. The number of nitrogens with zero attached hydrogens (tertiary/aromatic N) is 1. The monoisotopic (exact) mass is 1510 g/mol. The summed E-state index contributed by atoms with van der Waals surface area (Å²) in [7, 11) is -1.78. The number of rotatable bonds is 15. The van der Waals surface area contributed by atoms with E-state index in [1.165, 1.54) is 67.2 Å². The van der Waals surface area contributed by atoms with E-state index in [-0.39, 0.29) is 0 Å². The third-order valence-corrected chi connectivity index (χ3v) is 27.1. The van der Waals surface area contributed by atoms with E-state index in [0.717, 1.165) is 46.1 Å². The van der Waals surface area contributed by atoms with Crippen LogP contribution in [0.15, 0.2) is 419 Å². The highest BCUT2D eigenvalue weighted by atomic mass is 127. The number of aryl methyl sites for hydroxylation is 3. The van der Waals surface area contributed by atoms with Crippen LogP contribution in [-0.4, -0.2) is 17.6 Å². The fraction of sp³-hybridized carbons (Fsp3) is 0.0319. The third-order valence-electron chi connectivity index (χ3n) is 16.1. The third kappa shape index (κ3) is 22.5. The highest BCUT2D eigenvalue weighted by molar-refractivity contribution is 14.1. The van der Waals surface area contributed by atoms with Gasteiger partial charge in [-0.2, -0.15) is 0 Å². The van der Waals surface area contributed by atoms with Gasteiger partial charge in [0.2, 0.25) is 0 Å². The lowest BCUT2D eigenvalue weighted by molar-refractivity contribution is 0.111. The molecule has 0 aliphatic heterocycles. The fourth-order valence-corrected chi connectivity index (χ4v) is 20.8. The van der Waals surface area contributed by atoms with Crippen molar-refractivity contribution >= 4 is 131 Å². The van der Waals surface area contributed by atoms with Crippen LogP contribution in [0.3, 0.4) is 0 Å².